The van der Waals surface area contributed by atoms with Gasteiger partial charge in [0.1, 0.15) is 5.75 Å². The van der Waals surface area contributed by atoms with Crippen LogP contribution in [0.5, 0.6) is 5.75 Å². The molecule has 0 radical (unpaired) electrons. The molecule has 0 saturated heterocycles. The molecule has 5 nitrogen and oxygen atoms in total. The van der Waals surface area contributed by atoms with Crippen LogP contribution in [0.2, 0.25) is 0 Å². The van der Waals surface area contributed by atoms with Crippen LogP contribution in [-0.4, -0.2) is 44.3 Å². The van der Waals surface area contributed by atoms with E-state index in [0.717, 1.165) is 11.3 Å². The molecule has 1 N–H and O–H groups in total. The number of hydrogen-bond donors (Lipinski definition) is 1. The van der Waals surface area contributed by atoms with Gasteiger partial charge in [0.2, 0.25) is 10.0 Å². The molecule has 0 aromatic heterocycles. The Bertz CT molecular complexity index is 441. The summed E-state index contributed by atoms with van der Waals surface area (Å²) in [5.74, 6) is 0.481. The molecule has 0 amide bonds. The van der Waals surface area contributed by atoms with Crippen LogP contribution in [0.25, 0.3) is 0 Å². The van der Waals surface area contributed by atoms with Gasteiger partial charge in [-0.15, -0.1) is 0 Å². The molecule has 0 aliphatic heterocycles. The summed E-state index contributed by atoms with van der Waals surface area (Å²) in [5.41, 5.74) is 0.870. The molecule has 6 heteroatoms. The average Bonchev–Trinajstić information content (AvgIpc) is 2.30. The van der Waals surface area contributed by atoms with Gasteiger partial charge in [-0.25, -0.2) is 12.7 Å². The summed E-state index contributed by atoms with van der Waals surface area (Å²) < 4.78 is 29.4. The fraction of sp³-hybridized carbons (Fsp3) is 0.455. The summed E-state index contributed by atoms with van der Waals surface area (Å²) >= 11 is 0. The van der Waals surface area contributed by atoms with Gasteiger partial charge >= 0.3 is 0 Å². The molecule has 0 spiro atoms. The molecule has 0 fully saturated rings. The van der Waals surface area contributed by atoms with E-state index in [1.165, 1.54) is 11.4 Å². The van der Waals surface area contributed by atoms with Crippen molar-refractivity contribution < 1.29 is 18.3 Å². The molecular weight excluding hydrogens is 242 g/mol. The third-order valence-corrected chi connectivity index (χ3v) is 4.17. The van der Waals surface area contributed by atoms with Crippen molar-refractivity contribution in [1.29, 1.82) is 0 Å². The second-order valence-corrected chi connectivity index (χ2v) is 5.84. The van der Waals surface area contributed by atoms with Gasteiger partial charge in [-0.1, -0.05) is 12.1 Å². The fourth-order valence-electron chi connectivity index (χ4n) is 1.36. The third kappa shape index (κ3) is 3.99. The van der Waals surface area contributed by atoms with Gasteiger partial charge in [-0.05, 0) is 17.7 Å². The Morgan fingerprint density at radius 3 is 2.35 bits per heavy atom. The van der Waals surface area contributed by atoms with Crippen molar-refractivity contribution in [3.63, 3.8) is 0 Å². The van der Waals surface area contributed by atoms with E-state index in [-0.39, 0.29) is 18.9 Å². The predicted octanol–water partition coefficient (Wildman–Crippen LogP) is 0.449. The minimum Gasteiger partial charge on any atom is -0.497 e. The fourth-order valence-corrected chi connectivity index (χ4v) is 2.25. The molecule has 1 rings (SSSR count). The average molecular weight is 259 g/mol. The monoisotopic (exact) mass is 259 g/mol. The molecule has 1 aromatic rings. The zero-order valence-electron chi connectivity index (χ0n) is 9.96. The van der Waals surface area contributed by atoms with E-state index in [2.05, 4.69) is 0 Å². The van der Waals surface area contributed by atoms with Crippen LogP contribution in [0.3, 0.4) is 0 Å². The maximum atomic E-state index is 11.6. The summed E-state index contributed by atoms with van der Waals surface area (Å²) in [4.78, 5) is 0. The zero-order chi connectivity index (χ0) is 12.9. The van der Waals surface area contributed by atoms with E-state index >= 15 is 0 Å². The third-order valence-electron chi connectivity index (χ3n) is 2.39. The van der Waals surface area contributed by atoms with Crippen LogP contribution in [0, 0.1) is 0 Å². The number of sulfonamides is 1. The lowest BCUT2D eigenvalue weighted by atomic mass is 10.2. The minimum absolute atomic E-state index is 0.250. The quantitative estimate of drug-likeness (QED) is 0.805. The van der Waals surface area contributed by atoms with Crippen molar-refractivity contribution in [3.8, 4) is 5.75 Å². The first kappa shape index (κ1) is 14.0. The van der Waals surface area contributed by atoms with E-state index in [9.17, 15) is 8.42 Å². The predicted molar refractivity (Wildman–Crippen MR) is 65.3 cm³/mol. The van der Waals surface area contributed by atoms with Crippen LogP contribution in [0.4, 0.5) is 0 Å². The largest absolute Gasteiger partial charge is 0.497 e. The van der Waals surface area contributed by atoms with E-state index < -0.39 is 10.0 Å². The van der Waals surface area contributed by atoms with Gasteiger partial charge in [0.25, 0.3) is 0 Å². The summed E-state index contributed by atoms with van der Waals surface area (Å²) in [6.07, 6.45) is 0. The Morgan fingerprint density at radius 1 is 1.29 bits per heavy atom. The molecule has 0 saturated carbocycles. The standard InChI is InChI=1S/C11H17NO4S/c1-12(17(14,15)8-7-13)9-10-3-5-11(16-2)6-4-10/h3-6,13H,7-9H2,1-2H3. The molecule has 0 aliphatic rings. The van der Waals surface area contributed by atoms with Crippen LogP contribution in [0.15, 0.2) is 24.3 Å². The van der Waals surface area contributed by atoms with E-state index in [1.54, 1.807) is 19.2 Å². The summed E-state index contributed by atoms with van der Waals surface area (Å²) in [6, 6.07) is 7.18. The lowest BCUT2D eigenvalue weighted by molar-refractivity contribution is 0.316. The Kier molecular flexibility index (Phi) is 4.92. The summed E-state index contributed by atoms with van der Waals surface area (Å²) in [5, 5.41) is 8.66. The number of nitrogens with zero attached hydrogens (tertiary/aromatic N) is 1. The van der Waals surface area contributed by atoms with Crippen molar-refractivity contribution in [1.82, 2.24) is 4.31 Å². The van der Waals surface area contributed by atoms with Gasteiger partial charge in [-0.2, -0.15) is 0 Å². The maximum absolute atomic E-state index is 11.6. The number of benzene rings is 1. The summed E-state index contributed by atoms with van der Waals surface area (Å²) in [6.45, 7) is -0.0817. The Morgan fingerprint density at radius 2 is 1.88 bits per heavy atom. The number of ether oxygens (including phenoxy) is 1. The molecule has 0 heterocycles. The van der Waals surface area contributed by atoms with Gasteiger partial charge in [0, 0.05) is 13.6 Å². The van der Waals surface area contributed by atoms with E-state index in [1.807, 2.05) is 12.1 Å². The lowest BCUT2D eigenvalue weighted by Gasteiger charge is -2.16. The first-order chi connectivity index (χ1) is 7.99. The lowest BCUT2D eigenvalue weighted by Crippen LogP contribution is -2.30. The number of hydrogen-bond acceptors (Lipinski definition) is 4. The smallest absolute Gasteiger partial charge is 0.216 e. The molecule has 0 aliphatic carbocycles. The molecule has 0 unspecified atom stereocenters. The number of rotatable bonds is 6. The second-order valence-electron chi connectivity index (χ2n) is 3.64. The molecule has 0 bridgehead atoms. The van der Waals surface area contributed by atoms with Gasteiger partial charge < -0.3 is 9.84 Å². The normalized spacial score (nSPS) is 11.8. The second kappa shape index (κ2) is 6.00. The SMILES string of the molecule is COc1ccc(CN(C)S(=O)(=O)CCO)cc1. The number of aliphatic hydroxyl groups is 1. The Labute approximate surface area is 102 Å². The first-order valence-corrected chi connectivity index (χ1v) is 6.78. The van der Waals surface area contributed by atoms with Crippen LogP contribution in [0.1, 0.15) is 5.56 Å². The van der Waals surface area contributed by atoms with Crippen molar-refractivity contribution in [2.24, 2.45) is 0 Å². The molecule has 96 valence electrons. The number of methoxy groups -OCH3 is 1. The highest BCUT2D eigenvalue weighted by molar-refractivity contribution is 7.89. The van der Waals surface area contributed by atoms with Crippen molar-refractivity contribution >= 4 is 10.0 Å². The molecule has 0 atom stereocenters. The van der Waals surface area contributed by atoms with Crippen molar-refractivity contribution in [2.75, 3.05) is 26.5 Å². The highest BCUT2D eigenvalue weighted by Gasteiger charge is 2.16. The highest BCUT2D eigenvalue weighted by atomic mass is 32.2. The topological polar surface area (TPSA) is 66.8 Å². The highest BCUT2D eigenvalue weighted by Crippen LogP contribution is 2.13. The Balaban J connectivity index is 2.70. The molecular formula is C11H17NO4S. The first-order valence-electron chi connectivity index (χ1n) is 5.17. The van der Waals surface area contributed by atoms with E-state index in [4.69, 9.17) is 9.84 Å². The van der Waals surface area contributed by atoms with Gasteiger partial charge in [-0.3, -0.25) is 0 Å². The van der Waals surface area contributed by atoms with Crippen LogP contribution < -0.4 is 4.74 Å². The van der Waals surface area contributed by atoms with Crippen LogP contribution >= 0.6 is 0 Å². The van der Waals surface area contributed by atoms with Gasteiger partial charge in [0.15, 0.2) is 0 Å². The molecule has 17 heavy (non-hydrogen) atoms. The maximum Gasteiger partial charge on any atom is 0.216 e. The minimum atomic E-state index is -3.37. The molecule has 1 aromatic carbocycles. The van der Waals surface area contributed by atoms with Crippen molar-refractivity contribution in [3.05, 3.63) is 29.8 Å². The van der Waals surface area contributed by atoms with Gasteiger partial charge in [0.05, 0.1) is 19.5 Å². The Hall–Kier alpha value is -1.11. The number of aliphatic hydroxyl groups excluding tert-OH is 1. The summed E-state index contributed by atoms with van der Waals surface area (Å²) in [7, 11) is -0.301. The zero-order valence-corrected chi connectivity index (χ0v) is 10.8. The van der Waals surface area contributed by atoms with E-state index in [0.29, 0.717) is 0 Å². The van der Waals surface area contributed by atoms with Crippen molar-refractivity contribution in [2.45, 2.75) is 6.54 Å². The van der Waals surface area contributed by atoms with Crippen LogP contribution in [-0.2, 0) is 16.6 Å².